The molecule has 0 spiro atoms. The van der Waals surface area contributed by atoms with E-state index in [-0.39, 0.29) is 23.7 Å². The zero-order valence-electron chi connectivity index (χ0n) is 13.7. The Morgan fingerprint density at radius 3 is 2.67 bits per heavy atom. The van der Waals surface area contributed by atoms with Gasteiger partial charge in [-0.15, -0.1) is 0 Å². The second kappa shape index (κ2) is 8.83. The number of hydrogen-bond acceptors (Lipinski definition) is 5. The molecule has 2 rings (SSSR count). The quantitative estimate of drug-likeness (QED) is 0.736. The van der Waals surface area contributed by atoms with E-state index in [0.717, 1.165) is 5.56 Å². The first-order valence-electron chi connectivity index (χ1n) is 7.78. The average molecular weight is 386 g/mol. The van der Waals surface area contributed by atoms with Crippen molar-refractivity contribution in [3.05, 3.63) is 34.9 Å². The Morgan fingerprint density at radius 2 is 2.08 bits per heavy atom. The van der Waals surface area contributed by atoms with E-state index in [2.05, 4.69) is 0 Å². The number of hydrogen-bond donors (Lipinski definition) is 0. The minimum Gasteiger partial charge on any atom is -0.479 e. The van der Waals surface area contributed by atoms with Crippen LogP contribution in [0.25, 0.3) is 0 Å². The van der Waals surface area contributed by atoms with Crippen LogP contribution in [0.4, 0.5) is 0 Å². The van der Waals surface area contributed by atoms with Gasteiger partial charge < -0.3 is 4.74 Å². The summed E-state index contributed by atoms with van der Waals surface area (Å²) in [4.78, 5) is 25.3. The molecule has 24 heavy (non-hydrogen) atoms. The maximum absolute atomic E-state index is 12.3. The van der Waals surface area contributed by atoms with Gasteiger partial charge in [0.2, 0.25) is 16.2 Å². The number of piperidine rings is 1. The summed E-state index contributed by atoms with van der Waals surface area (Å²) in [6.45, 7) is 4.26. The number of likely N-dealkylation sites (tertiary alicyclic amines) is 1. The third-order valence-corrected chi connectivity index (χ3v) is 5.71. The number of ether oxygens (including phenoxy) is 1. The van der Waals surface area contributed by atoms with Crippen molar-refractivity contribution >= 4 is 51.8 Å². The number of benzene rings is 1. The Bertz CT molecular complexity index is 621. The highest BCUT2D eigenvalue weighted by atomic mass is 35.5. The fraction of sp³-hybridized carbons (Fsp3) is 0.471. The van der Waals surface area contributed by atoms with E-state index in [1.807, 2.05) is 31.2 Å². The van der Waals surface area contributed by atoms with Crippen molar-refractivity contribution in [2.45, 2.75) is 26.2 Å². The molecule has 0 saturated carbocycles. The molecule has 130 valence electrons. The van der Waals surface area contributed by atoms with E-state index in [1.54, 1.807) is 0 Å². The maximum atomic E-state index is 12.3. The van der Waals surface area contributed by atoms with Gasteiger partial charge >= 0.3 is 0 Å². The van der Waals surface area contributed by atoms with Crippen LogP contribution in [0.5, 0.6) is 0 Å². The number of carbonyl (C=O) groups excluding carboxylic acids is 2. The monoisotopic (exact) mass is 385 g/mol. The summed E-state index contributed by atoms with van der Waals surface area (Å²) < 4.78 is 5.81. The van der Waals surface area contributed by atoms with Gasteiger partial charge in [0.15, 0.2) is 0 Å². The molecule has 7 heteroatoms. The van der Waals surface area contributed by atoms with E-state index < -0.39 is 0 Å². The molecule has 0 radical (unpaired) electrons. The lowest BCUT2D eigenvalue weighted by molar-refractivity contribution is -0.147. The zero-order valence-corrected chi connectivity index (χ0v) is 16.0. The molecule has 1 aromatic rings. The standard InChI is InChI=1S/C17H20ClNO3S2/c1-3-22-17(23)24-10-13-9-19(11(2)20)16(21)8-15(13)12-4-6-14(18)7-5-12/h4-7,13,15H,3,8-10H2,1-2H3/t13-,15+/m0/s1. The number of nitrogens with zero attached hydrogens (tertiary/aromatic N) is 1. The minimum absolute atomic E-state index is 0.0438. The Morgan fingerprint density at radius 1 is 1.42 bits per heavy atom. The lowest BCUT2D eigenvalue weighted by atomic mass is 9.81. The maximum Gasteiger partial charge on any atom is 0.229 e. The van der Waals surface area contributed by atoms with Gasteiger partial charge in [-0.3, -0.25) is 14.5 Å². The fourth-order valence-electron chi connectivity index (χ4n) is 2.84. The van der Waals surface area contributed by atoms with Crippen molar-refractivity contribution in [1.29, 1.82) is 0 Å². The third-order valence-electron chi connectivity index (χ3n) is 4.04. The van der Waals surface area contributed by atoms with Gasteiger partial charge in [-0.25, -0.2) is 0 Å². The van der Waals surface area contributed by atoms with Crippen molar-refractivity contribution in [3.8, 4) is 0 Å². The van der Waals surface area contributed by atoms with Crippen molar-refractivity contribution in [3.63, 3.8) is 0 Å². The minimum atomic E-state index is -0.211. The summed E-state index contributed by atoms with van der Waals surface area (Å²) in [6, 6.07) is 7.55. The van der Waals surface area contributed by atoms with Crippen LogP contribution in [-0.4, -0.2) is 40.0 Å². The number of halogens is 1. The molecule has 1 heterocycles. The normalized spacial score (nSPS) is 20.8. The first-order chi connectivity index (χ1) is 11.4. The SMILES string of the molecule is CCOC(=S)SC[C@@H]1CN(C(C)=O)C(=O)C[C@@H]1c1ccc(Cl)cc1. The Hall–Kier alpha value is -1.11. The molecule has 0 aliphatic carbocycles. The van der Waals surface area contributed by atoms with Crippen LogP contribution in [0.2, 0.25) is 5.02 Å². The van der Waals surface area contributed by atoms with E-state index in [1.165, 1.54) is 23.6 Å². The first kappa shape index (κ1) is 19.2. The largest absolute Gasteiger partial charge is 0.479 e. The summed E-state index contributed by atoms with van der Waals surface area (Å²) in [7, 11) is 0. The molecule has 1 aromatic carbocycles. The highest BCUT2D eigenvalue weighted by molar-refractivity contribution is 8.22. The van der Waals surface area contributed by atoms with Crippen LogP contribution in [-0.2, 0) is 14.3 Å². The predicted molar refractivity (Wildman–Crippen MR) is 101 cm³/mol. The number of thioether (sulfide) groups is 1. The topological polar surface area (TPSA) is 46.6 Å². The van der Waals surface area contributed by atoms with Gasteiger partial charge in [0.25, 0.3) is 0 Å². The van der Waals surface area contributed by atoms with E-state index in [9.17, 15) is 9.59 Å². The number of imide groups is 1. The van der Waals surface area contributed by atoms with Crippen molar-refractivity contribution in [2.24, 2.45) is 5.92 Å². The first-order valence-corrected chi connectivity index (χ1v) is 9.55. The molecule has 0 aromatic heterocycles. The average Bonchev–Trinajstić information content (AvgIpc) is 2.54. The van der Waals surface area contributed by atoms with Crippen molar-refractivity contribution in [2.75, 3.05) is 18.9 Å². The fourth-order valence-corrected chi connectivity index (χ4v) is 4.17. The molecule has 2 atom stereocenters. The predicted octanol–water partition coefficient (Wildman–Crippen LogP) is 3.87. The van der Waals surface area contributed by atoms with Gasteiger partial charge in [-0.05, 0) is 48.7 Å². The van der Waals surface area contributed by atoms with Crippen LogP contribution >= 0.6 is 35.6 Å². The van der Waals surface area contributed by atoms with Crippen molar-refractivity contribution < 1.29 is 14.3 Å². The molecule has 0 bridgehead atoms. The Kier molecular flexibility index (Phi) is 7.07. The van der Waals surface area contributed by atoms with E-state index >= 15 is 0 Å². The third kappa shape index (κ3) is 4.94. The molecular weight excluding hydrogens is 366 g/mol. The van der Waals surface area contributed by atoms with E-state index in [0.29, 0.717) is 34.7 Å². The van der Waals surface area contributed by atoms with E-state index in [4.69, 9.17) is 28.6 Å². The highest BCUT2D eigenvalue weighted by Gasteiger charge is 2.36. The van der Waals surface area contributed by atoms with Crippen molar-refractivity contribution in [1.82, 2.24) is 4.90 Å². The van der Waals surface area contributed by atoms with Crippen LogP contribution in [0.1, 0.15) is 31.7 Å². The smallest absolute Gasteiger partial charge is 0.229 e. The van der Waals surface area contributed by atoms with Crippen LogP contribution in [0.15, 0.2) is 24.3 Å². The number of thiocarbonyl (C=S) groups is 1. The van der Waals surface area contributed by atoms with Gasteiger partial charge in [-0.2, -0.15) is 0 Å². The Labute approximate surface area is 156 Å². The second-order valence-corrected chi connectivity index (χ2v) is 7.70. The van der Waals surface area contributed by atoms with Gasteiger partial charge in [0, 0.05) is 30.7 Å². The lowest BCUT2D eigenvalue weighted by Gasteiger charge is -2.37. The number of amides is 2. The van der Waals surface area contributed by atoms with Crippen LogP contribution < -0.4 is 0 Å². The molecule has 0 N–H and O–H groups in total. The number of rotatable bonds is 4. The highest BCUT2D eigenvalue weighted by Crippen LogP contribution is 2.36. The Balaban J connectivity index is 2.17. The van der Waals surface area contributed by atoms with Gasteiger partial charge in [0.1, 0.15) is 0 Å². The van der Waals surface area contributed by atoms with Crippen LogP contribution in [0, 0.1) is 5.92 Å². The van der Waals surface area contributed by atoms with Gasteiger partial charge in [-0.1, -0.05) is 35.5 Å². The zero-order chi connectivity index (χ0) is 17.7. The van der Waals surface area contributed by atoms with Gasteiger partial charge in [0.05, 0.1) is 6.61 Å². The molecule has 1 saturated heterocycles. The molecule has 1 aliphatic rings. The molecule has 1 fully saturated rings. The lowest BCUT2D eigenvalue weighted by Crippen LogP contribution is -2.46. The molecule has 0 unspecified atom stereocenters. The summed E-state index contributed by atoms with van der Waals surface area (Å²) in [6.07, 6.45) is 0.313. The number of carbonyl (C=O) groups is 2. The van der Waals surface area contributed by atoms with Crippen LogP contribution in [0.3, 0.4) is 0 Å². The molecular formula is C17H20ClNO3S2. The molecule has 2 amide bonds. The second-order valence-electron chi connectivity index (χ2n) is 5.64. The molecule has 4 nitrogen and oxygen atoms in total. The summed E-state index contributed by atoms with van der Waals surface area (Å²) in [5.41, 5.74) is 1.06. The molecule has 1 aliphatic heterocycles. The summed E-state index contributed by atoms with van der Waals surface area (Å²) in [5, 5.41) is 0.662. The summed E-state index contributed by atoms with van der Waals surface area (Å²) >= 11 is 12.6. The summed E-state index contributed by atoms with van der Waals surface area (Å²) in [5.74, 6) is 0.523.